The number of nitrogens with one attached hydrogen (secondary N) is 2. The van der Waals surface area contributed by atoms with Crippen LogP contribution in [0.1, 0.15) is 37.3 Å². The van der Waals surface area contributed by atoms with Crippen molar-refractivity contribution in [1.82, 2.24) is 15.5 Å². The van der Waals surface area contributed by atoms with Crippen molar-refractivity contribution in [2.45, 2.75) is 39.3 Å². The zero-order valence-corrected chi connectivity index (χ0v) is 14.1. The monoisotopic (exact) mass is 319 g/mol. The predicted octanol–water partition coefficient (Wildman–Crippen LogP) is 2.10. The second kappa shape index (κ2) is 9.53. The van der Waals surface area contributed by atoms with Crippen LogP contribution in [0.2, 0.25) is 0 Å². The number of benzene rings is 1. The van der Waals surface area contributed by atoms with Gasteiger partial charge in [0.25, 0.3) is 0 Å². The van der Waals surface area contributed by atoms with Gasteiger partial charge in [0.2, 0.25) is 0 Å². The summed E-state index contributed by atoms with van der Waals surface area (Å²) >= 11 is 0. The van der Waals surface area contributed by atoms with Gasteiger partial charge >= 0.3 is 6.03 Å². The molecule has 1 saturated heterocycles. The van der Waals surface area contributed by atoms with Gasteiger partial charge in [0, 0.05) is 19.6 Å². The van der Waals surface area contributed by atoms with E-state index in [0.29, 0.717) is 13.1 Å². The Hall–Kier alpha value is -1.59. The van der Waals surface area contributed by atoms with Crippen molar-refractivity contribution < 1.29 is 9.90 Å². The summed E-state index contributed by atoms with van der Waals surface area (Å²) in [5.41, 5.74) is 1.81. The summed E-state index contributed by atoms with van der Waals surface area (Å²) in [5, 5.41) is 15.0. The van der Waals surface area contributed by atoms with Crippen LogP contribution in [0.15, 0.2) is 24.3 Å². The molecule has 5 nitrogen and oxygen atoms in total. The Morgan fingerprint density at radius 2 is 2.09 bits per heavy atom. The molecule has 23 heavy (non-hydrogen) atoms. The van der Waals surface area contributed by atoms with E-state index in [-0.39, 0.29) is 12.6 Å². The highest BCUT2D eigenvalue weighted by atomic mass is 16.3. The zero-order chi connectivity index (χ0) is 16.5. The molecule has 0 aliphatic carbocycles. The van der Waals surface area contributed by atoms with Crippen LogP contribution in [-0.2, 0) is 13.2 Å². The Bertz CT molecular complexity index is 493. The zero-order valence-electron chi connectivity index (χ0n) is 14.1. The molecular weight excluding hydrogens is 290 g/mol. The maximum absolute atomic E-state index is 11.8. The number of amides is 2. The minimum atomic E-state index is -0.148. The molecule has 1 fully saturated rings. The lowest BCUT2D eigenvalue weighted by molar-refractivity contribution is 0.181. The van der Waals surface area contributed by atoms with Crippen molar-refractivity contribution in [3.8, 4) is 0 Å². The molecule has 1 aromatic rings. The summed E-state index contributed by atoms with van der Waals surface area (Å²) in [7, 11) is 0. The molecule has 1 aromatic carbocycles. The fraction of sp³-hybridized carbons (Fsp3) is 0.611. The maximum Gasteiger partial charge on any atom is 0.315 e. The van der Waals surface area contributed by atoms with Gasteiger partial charge in [-0.15, -0.1) is 0 Å². The Balaban J connectivity index is 1.60. The molecule has 128 valence electrons. The third-order valence-electron chi connectivity index (χ3n) is 4.41. The number of carbonyl (C=O) groups is 1. The van der Waals surface area contributed by atoms with E-state index >= 15 is 0 Å². The van der Waals surface area contributed by atoms with Crippen LogP contribution in [0.3, 0.4) is 0 Å². The van der Waals surface area contributed by atoms with E-state index in [4.69, 9.17) is 0 Å². The molecule has 1 heterocycles. The summed E-state index contributed by atoms with van der Waals surface area (Å²) < 4.78 is 0. The van der Waals surface area contributed by atoms with Gasteiger partial charge in [-0.05, 0) is 49.4 Å². The van der Waals surface area contributed by atoms with Gasteiger partial charge in [-0.1, -0.05) is 31.2 Å². The minimum absolute atomic E-state index is 0.00622. The first-order valence-electron chi connectivity index (χ1n) is 8.60. The number of nitrogens with zero attached hydrogens (tertiary/aromatic N) is 1. The number of carbonyl (C=O) groups excluding carboxylic acids is 1. The summed E-state index contributed by atoms with van der Waals surface area (Å²) in [6.45, 7) is 6.86. The number of urea groups is 1. The highest BCUT2D eigenvalue weighted by Gasteiger charge is 2.15. The highest BCUT2D eigenvalue weighted by molar-refractivity contribution is 5.73. The Labute approximate surface area is 139 Å². The van der Waals surface area contributed by atoms with Crippen LogP contribution in [-0.4, -0.2) is 42.2 Å². The fourth-order valence-electron chi connectivity index (χ4n) is 3.12. The fourth-order valence-corrected chi connectivity index (χ4v) is 3.12. The summed E-state index contributed by atoms with van der Waals surface area (Å²) in [4.78, 5) is 14.3. The molecule has 1 aliphatic heterocycles. The van der Waals surface area contributed by atoms with Crippen molar-refractivity contribution in [2.75, 3.05) is 26.2 Å². The molecule has 3 N–H and O–H groups in total. The molecule has 0 saturated carbocycles. The topological polar surface area (TPSA) is 64.6 Å². The number of likely N-dealkylation sites (tertiary alicyclic amines) is 1. The van der Waals surface area contributed by atoms with Crippen LogP contribution in [0.4, 0.5) is 4.79 Å². The van der Waals surface area contributed by atoms with Gasteiger partial charge in [-0.3, -0.25) is 0 Å². The van der Waals surface area contributed by atoms with E-state index in [0.717, 1.165) is 30.0 Å². The van der Waals surface area contributed by atoms with Crippen LogP contribution in [0.25, 0.3) is 0 Å². The minimum Gasteiger partial charge on any atom is -0.392 e. The van der Waals surface area contributed by atoms with Crippen molar-refractivity contribution in [1.29, 1.82) is 0 Å². The smallest absolute Gasteiger partial charge is 0.315 e. The summed E-state index contributed by atoms with van der Waals surface area (Å²) in [6.07, 6.45) is 3.61. The number of hydrogen-bond donors (Lipinski definition) is 3. The first-order valence-corrected chi connectivity index (χ1v) is 8.60. The van der Waals surface area contributed by atoms with E-state index in [9.17, 15) is 9.90 Å². The Kier molecular flexibility index (Phi) is 7.36. The highest BCUT2D eigenvalue weighted by Crippen LogP contribution is 2.15. The van der Waals surface area contributed by atoms with Crippen LogP contribution >= 0.6 is 0 Å². The van der Waals surface area contributed by atoms with E-state index in [1.54, 1.807) is 0 Å². The van der Waals surface area contributed by atoms with Gasteiger partial charge in [0.15, 0.2) is 0 Å². The van der Waals surface area contributed by atoms with Gasteiger partial charge in [0.1, 0.15) is 0 Å². The van der Waals surface area contributed by atoms with Gasteiger partial charge < -0.3 is 20.6 Å². The number of piperidine rings is 1. The number of hydrogen-bond acceptors (Lipinski definition) is 3. The summed E-state index contributed by atoms with van der Waals surface area (Å²) in [6, 6.07) is 7.44. The largest absolute Gasteiger partial charge is 0.392 e. The molecule has 0 spiro atoms. The SMILES string of the molecule is CC1CCCN(CCCNC(=O)NCc2ccccc2CO)C1. The average molecular weight is 319 g/mol. The third kappa shape index (κ3) is 6.20. The van der Waals surface area contributed by atoms with Crippen LogP contribution < -0.4 is 10.6 Å². The lowest BCUT2D eigenvalue weighted by atomic mass is 10.0. The average Bonchev–Trinajstić information content (AvgIpc) is 2.57. The Morgan fingerprint density at radius 3 is 2.83 bits per heavy atom. The molecule has 1 unspecified atom stereocenters. The number of aliphatic hydroxyl groups excluding tert-OH is 1. The first kappa shape index (κ1) is 17.8. The predicted molar refractivity (Wildman–Crippen MR) is 92.1 cm³/mol. The molecule has 2 amide bonds. The lowest BCUT2D eigenvalue weighted by Gasteiger charge is -2.30. The van der Waals surface area contributed by atoms with E-state index in [1.807, 2.05) is 24.3 Å². The second-order valence-corrected chi connectivity index (χ2v) is 6.44. The van der Waals surface area contributed by atoms with Gasteiger partial charge in [0.05, 0.1) is 6.61 Å². The number of aliphatic hydroxyl groups is 1. The number of rotatable bonds is 7. The van der Waals surface area contributed by atoms with Crippen molar-refractivity contribution in [3.63, 3.8) is 0 Å². The molecule has 0 bridgehead atoms. The first-order chi connectivity index (χ1) is 11.2. The standard InChI is InChI=1S/C18H29N3O2/c1-15-6-4-10-21(13-15)11-5-9-19-18(23)20-12-16-7-2-3-8-17(16)14-22/h2-3,7-8,15,22H,4-6,9-14H2,1H3,(H2,19,20,23). The molecule has 1 atom stereocenters. The molecular formula is C18H29N3O2. The molecule has 1 aliphatic rings. The molecule has 2 rings (SSSR count). The lowest BCUT2D eigenvalue weighted by Crippen LogP contribution is -2.39. The van der Waals surface area contributed by atoms with Crippen molar-refractivity contribution >= 4 is 6.03 Å². The van der Waals surface area contributed by atoms with Crippen LogP contribution in [0.5, 0.6) is 0 Å². The van der Waals surface area contributed by atoms with Crippen LogP contribution in [0, 0.1) is 5.92 Å². The molecule has 0 aromatic heterocycles. The molecule has 0 radical (unpaired) electrons. The third-order valence-corrected chi connectivity index (χ3v) is 4.41. The van der Waals surface area contributed by atoms with Gasteiger partial charge in [-0.2, -0.15) is 0 Å². The van der Waals surface area contributed by atoms with Crippen molar-refractivity contribution in [2.24, 2.45) is 5.92 Å². The normalized spacial score (nSPS) is 18.6. The van der Waals surface area contributed by atoms with Crippen molar-refractivity contribution in [3.05, 3.63) is 35.4 Å². The van der Waals surface area contributed by atoms with E-state index in [2.05, 4.69) is 22.5 Å². The van der Waals surface area contributed by atoms with E-state index in [1.165, 1.54) is 25.9 Å². The Morgan fingerprint density at radius 1 is 1.30 bits per heavy atom. The van der Waals surface area contributed by atoms with Gasteiger partial charge in [-0.25, -0.2) is 4.79 Å². The molecule has 5 heteroatoms. The van der Waals surface area contributed by atoms with E-state index < -0.39 is 0 Å². The maximum atomic E-state index is 11.8. The summed E-state index contributed by atoms with van der Waals surface area (Å²) in [5.74, 6) is 0.798. The second-order valence-electron chi connectivity index (χ2n) is 6.44. The quantitative estimate of drug-likeness (QED) is 0.674.